The molecular formula is C16H11ClN2O3. The lowest BCUT2D eigenvalue weighted by atomic mass is 9.99. The highest BCUT2D eigenvalue weighted by molar-refractivity contribution is 6.31. The first-order valence-corrected chi connectivity index (χ1v) is 6.90. The van der Waals surface area contributed by atoms with Crippen molar-refractivity contribution in [1.29, 1.82) is 0 Å². The molecule has 0 aliphatic rings. The number of aromatic nitrogens is 1. The molecule has 0 saturated carbocycles. The quantitative estimate of drug-likeness (QED) is 0.534. The van der Waals surface area contributed by atoms with Gasteiger partial charge in [0.25, 0.3) is 0 Å². The SMILES string of the molecule is Cn1c(=O)c([N+](=O)[O-])c(-c2ccccc2)c2cc(Cl)ccc21. The van der Waals surface area contributed by atoms with Crippen LogP contribution >= 0.6 is 11.6 Å². The fourth-order valence-corrected chi connectivity index (χ4v) is 2.74. The molecule has 5 nitrogen and oxygen atoms in total. The Hall–Kier alpha value is -2.66. The molecule has 0 fully saturated rings. The standard InChI is InChI=1S/C16H11ClN2O3/c1-18-13-8-7-11(17)9-12(13)14(10-5-3-2-4-6-10)15(16(18)20)19(21)22/h2-9H,1H3. The van der Waals surface area contributed by atoms with Gasteiger partial charge >= 0.3 is 11.2 Å². The molecule has 0 saturated heterocycles. The van der Waals surface area contributed by atoms with E-state index >= 15 is 0 Å². The van der Waals surface area contributed by atoms with Gasteiger partial charge in [-0.2, -0.15) is 0 Å². The van der Waals surface area contributed by atoms with E-state index < -0.39 is 16.2 Å². The summed E-state index contributed by atoms with van der Waals surface area (Å²) in [7, 11) is 1.51. The summed E-state index contributed by atoms with van der Waals surface area (Å²) in [4.78, 5) is 23.2. The van der Waals surface area contributed by atoms with E-state index in [-0.39, 0.29) is 0 Å². The van der Waals surface area contributed by atoms with Crippen LogP contribution in [0.15, 0.2) is 53.3 Å². The summed E-state index contributed by atoms with van der Waals surface area (Å²) in [6.07, 6.45) is 0. The Morgan fingerprint density at radius 2 is 1.82 bits per heavy atom. The molecule has 0 aliphatic heterocycles. The fourth-order valence-electron chi connectivity index (χ4n) is 2.57. The lowest BCUT2D eigenvalue weighted by Crippen LogP contribution is -2.21. The first-order chi connectivity index (χ1) is 10.5. The maximum atomic E-state index is 12.4. The van der Waals surface area contributed by atoms with Gasteiger partial charge in [-0.1, -0.05) is 41.9 Å². The average molecular weight is 315 g/mol. The monoisotopic (exact) mass is 314 g/mol. The summed E-state index contributed by atoms with van der Waals surface area (Å²) in [5.74, 6) is 0. The van der Waals surface area contributed by atoms with E-state index in [9.17, 15) is 14.9 Å². The summed E-state index contributed by atoms with van der Waals surface area (Å²) in [6, 6.07) is 13.8. The number of fused-ring (bicyclic) bond motifs is 1. The number of pyridine rings is 1. The maximum Gasteiger partial charge on any atom is 0.342 e. The molecule has 1 heterocycles. The number of rotatable bonds is 2. The Balaban J connectivity index is 2.59. The van der Waals surface area contributed by atoms with E-state index in [1.54, 1.807) is 42.5 Å². The third-order valence-electron chi connectivity index (χ3n) is 3.58. The van der Waals surface area contributed by atoms with Crippen LogP contribution in [0.4, 0.5) is 5.69 Å². The second-order valence-corrected chi connectivity index (χ2v) is 5.31. The molecule has 2 aromatic carbocycles. The minimum atomic E-state index is -0.640. The predicted molar refractivity (Wildman–Crippen MR) is 86.3 cm³/mol. The first kappa shape index (κ1) is 14.3. The molecule has 110 valence electrons. The van der Waals surface area contributed by atoms with Crippen molar-refractivity contribution in [3.05, 3.63) is 74.0 Å². The van der Waals surface area contributed by atoms with E-state index in [1.807, 2.05) is 6.07 Å². The molecule has 1 aromatic heterocycles. The maximum absolute atomic E-state index is 12.4. The molecule has 0 radical (unpaired) electrons. The second kappa shape index (κ2) is 5.27. The highest BCUT2D eigenvalue weighted by atomic mass is 35.5. The third kappa shape index (κ3) is 2.16. The Morgan fingerprint density at radius 3 is 2.45 bits per heavy atom. The molecule has 3 rings (SSSR count). The molecule has 0 bridgehead atoms. The largest absolute Gasteiger partial charge is 0.342 e. The van der Waals surface area contributed by atoms with Gasteiger partial charge in [0.1, 0.15) is 0 Å². The summed E-state index contributed by atoms with van der Waals surface area (Å²) in [5, 5.41) is 12.5. The normalized spacial score (nSPS) is 10.8. The van der Waals surface area contributed by atoms with E-state index in [4.69, 9.17) is 11.6 Å². The van der Waals surface area contributed by atoms with Crippen molar-refractivity contribution in [3.63, 3.8) is 0 Å². The van der Waals surface area contributed by atoms with Crippen molar-refractivity contribution in [2.45, 2.75) is 0 Å². The average Bonchev–Trinajstić information content (AvgIpc) is 2.51. The Labute approximate surface area is 130 Å². The van der Waals surface area contributed by atoms with Crippen molar-refractivity contribution < 1.29 is 4.92 Å². The number of hydrogen-bond donors (Lipinski definition) is 0. The van der Waals surface area contributed by atoms with Crippen molar-refractivity contribution in [2.75, 3.05) is 0 Å². The zero-order chi connectivity index (χ0) is 15.9. The van der Waals surface area contributed by atoms with Crippen molar-refractivity contribution >= 4 is 28.2 Å². The Kier molecular flexibility index (Phi) is 3.42. The van der Waals surface area contributed by atoms with Gasteiger partial charge in [0.15, 0.2) is 0 Å². The van der Waals surface area contributed by atoms with Crippen LogP contribution in [0.25, 0.3) is 22.0 Å². The third-order valence-corrected chi connectivity index (χ3v) is 3.81. The zero-order valence-corrected chi connectivity index (χ0v) is 12.4. The molecule has 0 N–H and O–H groups in total. The zero-order valence-electron chi connectivity index (χ0n) is 11.6. The van der Waals surface area contributed by atoms with Crippen molar-refractivity contribution in [1.82, 2.24) is 4.57 Å². The van der Waals surface area contributed by atoms with Crippen LogP contribution < -0.4 is 5.56 Å². The molecule has 0 amide bonds. The van der Waals surface area contributed by atoms with Crippen molar-refractivity contribution in [3.8, 4) is 11.1 Å². The molecule has 6 heteroatoms. The topological polar surface area (TPSA) is 65.1 Å². The van der Waals surface area contributed by atoms with Crippen LogP contribution in [-0.2, 0) is 7.05 Å². The molecule has 22 heavy (non-hydrogen) atoms. The highest BCUT2D eigenvalue weighted by Crippen LogP contribution is 2.35. The number of nitrogens with zero attached hydrogens (tertiary/aromatic N) is 2. The summed E-state index contributed by atoms with van der Waals surface area (Å²) >= 11 is 6.04. The minimum absolute atomic E-state index is 0.297. The lowest BCUT2D eigenvalue weighted by molar-refractivity contribution is -0.385. The van der Waals surface area contributed by atoms with Gasteiger partial charge in [-0.05, 0) is 23.8 Å². The van der Waals surface area contributed by atoms with E-state index in [0.717, 1.165) is 0 Å². The molecular weight excluding hydrogens is 304 g/mol. The molecule has 0 unspecified atom stereocenters. The predicted octanol–water partition coefficient (Wildman–Crippen LogP) is 3.77. The van der Waals surface area contributed by atoms with Crippen LogP contribution in [0.5, 0.6) is 0 Å². The fraction of sp³-hybridized carbons (Fsp3) is 0.0625. The number of benzene rings is 2. The lowest BCUT2D eigenvalue weighted by Gasteiger charge is -2.11. The Bertz CT molecular complexity index is 949. The van der Waals surface area contributed by atoms with Crippen LogP contribution in [0.2, 0.25) is 5.02 Å². The van der Waals surface area contributed by atoms with Crippen LogP contribution in [0, 0.1) is 10.1 Å². The van der Waals surface area contributed by atoms with E-state index in [2.05, 4.69) is 0 Å². The number of aryl methyl sites for hydroxylation is 1. The van der Waals surface area contributed by atoms with Gasteiger partial charge in [-0.3, -0.25) is 14.9 Å². The van der Waals surface area contributed by atoms with Gasteiger partial charge in [0, 0.05) is 17.5 Å². The molecule has 3 aromatic rings. The van der Waals surface area contributed by atoms with Crippen LogP contribution in [0.1, 0.15) is 0 Å². The number of nitro groups is 1. The minimum Gasteiger partial charge on any atom is -0.305 e. The summed E-state index contributed by atoms with van der Waals surface area (Å²) < 4.78 is 1.27. The van der Waals surface area contributed by atoms with Crippen LogP contribution in [0.3, 0.4) is 0 Å². The summed E-state index contributed by atoms with van der Waals surface area (Å²) in [5.41, 5.74) is 0.423. The van der Waals surface area contributed by atoms with E-state index in [0.29, 0.717) is 27.1 Å². The summed E-state index contributed by atoms with van der Waals surface area (Å²) in [6.45, 7) is 0. The van der Waals surface area contributed by atoms with Crippen LogP contribution in [-0.4, -0.2) is 9.49 Å². The Morgan fingerprint density at radius 1 is 1.14 bits per heavy atom. The van der Waals surface area contributed by atoms with Crippen molar-refractivity contribution in [2.24, 2.45) is 7.05 Å². The highest BCUT2D eigenvalue weighted by Gasteiger charge is 2.25. The molecule has 0 aliphatic carbocycles. The van der Waals surface area contributed by atoms with Gasteiger partial charge in [0.2, 0.25) is 0 Å². The molecule has 0 atom stereocenters. The molecule has 0 spiro atoms. The number of halogens is 1. The van der Waals surface area contributed by atoms with Gasteiger partial charge in [-0.25, -0.2) is 0 Å². The second-order valence-electron chi connectivity index (χ2n) is 4.87. The van der Waals surface area contributed by atoms with E-state index in [1.165, 1.54) is 11.6 Å². The van der Waals surface area contributed by atoms with Gasteiger partial charge in [0.05, 0.1) is 16.0 Å². The first-order valence-electron chi connectivity index (χ1n) is 6.53. The smallest absolute Gasteiger partial charge is 0.305 e. The van der Waals surface area contributed by atoms with Gasteiger partial charge < -0.3 is 4.57 Å². The number of hydrogen-bond acceptors (Lipinski definition) is 3. The van der Waals surface area contributed by atoms with Gasteiger partial charge in [-0.15, -0.1) is 0 Å².